The highest BCUT2D eigenvalue weighted by Crippen LogP contribution is 2.29. The Morgan fingerprint density at radius 3 is 2.67 bits per heavy atom. The Bertz CT molecular complexity index is 427. The Hall–Kier alpha value is -1.44. The molecule has 1 aliphatic heterocycles. The fraction of sp³-hybridized carbons (Fsp3) is 0.769. The van der Waals surface area contributed by atoms with E-state index in [1.165, 1.54) is 21.6 Å². The van der Waals surface area contributed by atoms with Gasteiger partial charge in [0.15, 0.2) is 0 Å². The number of urea groups is 1. The standard InChI is InChI=1S/C13H20N2O5S/c1-2-20-11(16)7-15(9-3-4-9)13(19)14-5-6-21-8-10(14)12(17)18/h9-10H,2-8H2,1H3,(H,17,18). The molecule has 2 aliphatic rings. The quantitative estimate of drug-likeness (QED) is 0.749. The van der Waals surface area contributed by atoms with Gasteiger partial charge in [-0.1, -0.05) is 0 Å². The number of hydrogen-bond donors (Lipinski definition) is 1. The number of carboxylic acid groups (broad SMARTS) is 1. The van der Waals surface area contributed by atoms with Crippen molar-refractivity contribution in [2.45, 2.75) is 31.8 Å². The second-order valence-electron chi connectivity index (χ2n) is 5.07. The van der Waals surface area contributed by atoms with Crippen LogP contribution in [0.2, 0.25) is 0 Å². The summed E-state index contributed by atoms with van der Waals surface area (Å²) in [7, 11) is 0. The topological polar surface area (TPSA) is 87.2 Å². The average Bonchev–Trinajstić information content (AvgIpc) is 3.29. The first-order valence-corrected chi connectivity index (χ1v) is 8.23. The van der Waals surface area contributed by atoms with E-state index in [1.54, 1.807) is 6.92 Å². The number of carbonyl (C=O) groups is 3. The first kappa shape index (κ1) is 15.9. The average molecular weight is 316 g/mol. The van der Waals surface area contributed by atoms with Crippen LogP contribution in [0.3, 0.4) is 0 Å². The van der Waals surface area contributed by atoms with Gasteiger partial charge in [0.2, 0.25) is 0 Å². The molecular formula is C13H20N2O5S. The smallest absolute Gasteiger partial charge is 0.327 e. The minimum absolute atomic E-state index is 0.0333. The van der Waals surface area contributed by atoms with E-state index in [-0.39, 0.29) is 25.2 Å². The van der Waals surface area contributed by atoms with Crippen molar-refractivity contribution in [3.05, 3.63) is 0 Å². The lowest BCUT2D eigenvalue weighted by Crippen LogP contribution is -2.56. The van der Waals surface area contributed by atoms with E-state index in [0.29, 0.717) is 18.1 Å². The molecule has 118 valence electrons. The third kappa shape index (κ3) is 4.03. The normalized spacial score (nSPS) is 21.8. The molecular weight excluding hydrogens is 296 g/mol. The predicted octanol–water partition coefficient (Wildman–Crippen LogP) is 0.636. The van der Waals surface area contributed by atoms with Crippen LogP contribution in [0.15, 0.2) is 0 Å². The van der Waals surface area contributed by atoms with Gasteiger partial charge >= 0.3 is 18.0 Å². The van der Waals surface area contributed by atoms with Crippen molar-refractivity contribution >= 4 is 29.7 Å². The van der Waals surface area contributed by atoms with Crippen molar-refractivity contribution < 1.29 is 24.2 Å². The number of esters is 1. The predicted molar refractivity (Wildman–Crippen MR) is 77.2 cm³/mol. The summed E-state index contributed by atoms with van der Waals surface area (Å²) in [5.41, 5.74) is 0. The molecule has 1 saturated carbocycles. The molecule has 0 bridgehead atoms. The summed E-state index contributed by atoms with van der Waals surface area (Å²) in [6.07, 6.45) is 1.71. The van der Waals surface area contributed by atoms with Crippen molar-refractivity contribution in [2.24, 2.45) is 0 Å². The fourth-order valence-electron chi connectivity index (χ4n) is 2.29. The third-order valence-electron chi connectivity index (χ3n) is 3.50. The highest BCUT2D eigenvalue weighted by Gasteiger charge is 2.40. The molecule has 0 radical (unpaired) electrons. The molecule has 1 aliphatic carbocycles. The molecule has 2 rings (SSSR count). The minimum Gasteiger partial charge on any atom is -0.480 e. The SMILES string of the molecule is CCOC(=O)CN(C(=O)N1CCSCC1C(=O)O)C1CC1. The van der Waals surface area contributed by atoms with E-state index in [0.717, 1.165) is 12.8 Å². The van der Waals surface area contributed by atoms with Gasteiger partial charge in [-0.3, -0.25) is 4.79 Å². The summed E-state index contributed by atoms with van der Waals surface area (Å²) in [6.45, 7) is 2.27. The van der Waals surface area contributed by atoms with Gasteiger partial charge in [0.05, 0.1) is 6.61 Å². The number of carboxylic acids is 1. The molecule has 0 aromatic heterocycles. The van der Waals surface area contributed by atoms with Gasteiger partial charge in [0.1, 0.15) is 12.6 Å². The van der Waals surface area contributed by atoms with Gasteiger partial charge in [0.25, 0.3) is 0 Å². The van der Waals surface area contributed by atoms with Crippen LogP contribution >= 0.6 is 11.8 Å². The van der Waals surface area contributed by atoms with E-state index >= 15 is 0 Å². The molecule has 1 unspecified atom stereocenters. The third-order valence-corrected chi connectivity index (χ3v) is 4.52. The molecule has 1 N–H and O–H groups in total. The van der Waals surface area contributed by atoms with Crippen LogP contribution in [0.25, 0.3) is 0 Å². The van der Waals surface area contributed by atoms with E-state index in [2.05, 4.69) is 0 Å². The van der Waals surface area contributed by atoms with E-state index in [4.69, 9.17) is 4.74 Å². The number of carbonyl (C=O) groups excluding carboxylic acids is 2. The summed E-state index contributed by atoms with van der Waals surface area (Å²) in [5.74, 6) is -0.342. The maximum atomic E-state index is 12.6. The molecule has 0 aromatic carbocycles. The zero-order valence-electron chi connectivity index (χ0n) is 12.0. The van der Waals surface area contributed by atoms with Gasteiger partial charge in [-0.05, 0) is 19.8 Å². The highest BCUT2D eigenvalue weighted by molar-refractivity contribution is 7.99. The van der Waals surface area contributed by atoms with Crippen molar-refractivity contribution in [3.8, 4) is 0 Å². The van der Waals surface area contributed by atoms with Crippen molar-refractivity contribution in [3.63, 3.8) is 0 Å². The van der Waals surface area contributed by atoms with Crippen LogP contribution in [0.4, 0.5) is 4.79 Å². The van der Waals surface area contributed by atoms with Gasteiger partial charge in [-0.15, -0.1) is 0 Å². The van der Waals surface area contributed by atoms with E-state index in [9.17, 15) is 19.5 Å². The number of thioether (sulfide) groups is 1. The van der Waals surface area contributed by atoms with Crippen molar-refractivity contribution in [2.75, 3.05) is 31.2 Å². The summed E-state index contributed by atoms with van der Waals surface area (Å²) in [5, 5.41) is 9.24. The Labute approximate surface area is 127 Å². The second-order valence-corrected chi connectivity index (χ2v) is 6.22. The summed E-state index contributed by atoms with van der Waals surface area (Å²) in [6, 6.07) is -1.15. The lowest BCUT2D eigenvalue weighted by molar-refractivity contribution is -0.144. The van der Waals surface area contributed by atoms with Crippen LogP contribution in [-0.4, -0.2) is 76.2 Å². The van der Waals surface area contributed by atoms with Crippen LogP contribution < -0.4 is 0 Å². The monoisotopic (exact) mass is 316 g/mol. The summed E-state index contributed by atoms with van der Waals surface area (Å²) in [4.78, 5) is 38.4. The van der Waals surface area contributed by atoms with Gasteiger partial charge in [-0.2, -0.15) is 11.8 Å². The number of rotatable bonds is 5. The number of hydrogen-bond acceptors (Lipinski definition) is 5. The number of amides is 2. The second kappa shape index (κ2) is 7.02. The van der Waals surface area contributed by atoms with E-state index in [1.807, 2.05) is 0 Å². The van der Waals surface area contributed by atoms with Crippen molar-refractivity contribution in [1.29, 1.82) is 0 Å². The van der Waals surface area contributed by atoms with Crippen LogP contribution in [0, 0.1) is 0 Å². The summed E-state index contributed by atoms with van der Waals surface area (Å²) >= 11 is 1.53. The Balaban J connectivity index is 2.06. The lowest BCUT2D eigenvalue weighted by Gasteiger charge is -2.36. The van der Waals surface area contributed by atoms with Crippen LogP contribution in [0.1, 0.15) is 19.8 Å². The first-order chi connectivity index (χ1) is 10.0. The molecule has 1 heterocycles. The Morgan fingerprint density at radius 1 is 1.38 bits per heavy atom. The molecule has 2 fully saturated rings. The van der Waals surface area contributed by atoms with Crippen LogP contribution in [-0.2, 0) is 14.3 Å². The highest BCUT2D eigenvalue weighted by atomic mass is 32.2. The molecule has 0 spiro atoms. The Morgan fingerprint density at radius 2 is 2.10 bits per heavy atom. The largest absolute Gasteiger partial charge is 0.480 e. The van der Waals surface area contributed by atoms with E-state index < -0.39 is 18.0 Å². The number of ether oxygens (including phenoxy) is 1. The lowest BCUT2D eigenvalue weighted by atomic mass is 10.3. The molecule has 1 saturated heterocycles. The maximum absolute atomic E-state index is 12.6. The molecule has 8 heteroatoms. The zero-order valence-corrected chi connectivity index (χ0v) is 12.8. The van der Waals surface area contributed by atoms with Gasteiger partial charge < -0.3 is 19.6 Å². The molecule has 1 atom stereocenters. The summed E-state index contributed by atoms with van der Waals surface area (Å²) < 4.78 is 4.89. The first-order valence-electron chi connectivity index (χ1n) is 7.08. The Kier molecular flexibility index (Phi) is 5.33. The number of nitrogens with zero attached hydrogens (tertiary/aromatic N) is 2. The van der Waals surface area contributed by atoms with Gasteiger partial charge in [-0.25, -0.2) is 9.59 Å². The minimum atomic E-state index is -0.998. The van der Waals surface area contributed by atoms with Crippen molar-refractivity contribution in [1.82, 2.24) is 9.80 Å². The maximum Gasteiger partial charge on any atom is 0.327 e. The molecule has 7 nitrogen and oxygen atoms in total. The van der Waals surface area contributed by atoms with Crippen LogP contribution in [0.5, 0.6) is 0 Å². The molecule has 0 aromatic rings. The number of aliphatic carboxylic acids is 1. The molecule has 21 heavy (non-hydrogen) atoms. The molecule has 2 amide bonds. The fourth-order valence-corrected chi connectivity index (χ4v) is 3.33. The van der Waals surface area contributed by atoms with Gasteiger partial charge in [0, 0.05) is 24.1 Å². The zero-order chi connectivity index (χ0) is 15.4.